The van der Waals surface area contributed by atoms with Crippen molar-refractivity contribution in [3.05, 3.63) is 41.2 Å². The highest BCUT2D eigenvalue weighted by atomic mass is 32.2. The summed E-state index contributed by atoms with van der Waals surface area (Å²) >= 11 is 1.25. The lowest BCUT2D eigenvalue weighted by Crippen LogP contribution is -2.33. The molecule has 1 unspecified atom stereocenters. The number of rotatable bonds is 8. The number of carbonyl (C=O) groups is 2. The molecule has 1 heterocycles. The van der Waals surface area contributed by atoms with Gasteiger partial charge in [-0.05, 0) is 31.9 Å². The number of carbonyl (C=O) groups excluding carboxylic acids is 2. The molecule has 0 aliphatic carbocycles. The Bertz CT molecular complexity index is 788. The molecule has 1 aromatic carbocycles. The summed E-state index contributed by atoms with van der Waals surface area (Å²) in [4.78, 5) is 23.7. The van der Waals surface area contributed by atoms with Gasteiger partial charge in [-0.15, -0.1) is 10.2 Å². The predicted octanol–water partition coefficient (Wildman–Crippen LogP) is 2.31. The van der Waals surface area contributed by atoms with E-state index in [1.165, 1.54) is 11.8 Å². The lowest BCUT2D eigenvalue weighted by atomic mass is 10.0. The van der Waals surface area contributed by atoms with Crippen molar-refractivity contribution < 1.29 is 9.59 Å². The third-order valence-corrected chi connectivity index (χ3v) is 4.91. The maximum atomic E-state index is 12.7. The van der Waals surface area contributed by atoms with Gasteiger partial charge >= 0.3 is 0 Å². The summed E-state index contributed by atoms with van der Waals surface area (Å²) in [6.07, 6.45) is 0. The number of nitrogens with two attached hydrogens (primary N) is 1. The maximum absolute atomic E-state index is 12.7. The van der Waals surface area contributed by atoms with Gasteiger partial charge in [0.25, 0.3) is 5.91 Å². The van der Waals surface area contributed by atoms with E-state index in [1.54, 1.807) is 6.07 Å². The molecule has 7 nitrogen and oxygen atoms in total. The molecular weight excluding hydrogens is 350 g/mol. The lowest BCUT2D eigenvalue weighted by Gasteiger charge is -2.22. The van der Waals surface area contributed by atoms with E-state index in [1.807, 2.05) is 50.5 Å². The largest absolute Gasteiger partial charge is 0.369 e. The second-order valence-electron chi connectivity index (χ2n) is 6.40. The molecule has 3 N–H and O–H groups in total. The summed E-state index contributed by atoms with van der Waals surface area (Å²) in [5.41, 5.74) is 6.86. The number of hydrogen-bond acceptors (Lipinski definition) is 5. The monoisotopic (exact) mass is 375 g/mol. The van der Waals surface area contributed by atoms with Gasteiger partial charge in [-0.2, -0.15) is 0 Å². The van der Waals surface area contributed by atoms with Gasteiger partial charge in [-0.25, -0.2) is 0 Å². The summed E-state index contributed by atoms with van der Waals surface area (Å²) < 4.78 is 1.91. The van der Waals surface area contributed by atoms with Crippen LogP contribution in [0.15, 0.2) is 29.4 Å². The number of thioether (sulfide) groups is 1. The minimum atomic E-state index is -0.407. The van der Waals surface area contributed by atoms with Crippen molar-refractivity contribution in [1.82, 2.24) is 20.1 Å². The van der Waals surface area contributed by atoms with E-state index < -0.39 is 5.91 Å². The minimum absolute atomic E-state index is 0.118. The smallest absolute Gasteiger partial charge is 0.251 e. The first-order valence-corrected chi connectivity index (χ1v) is 9.53. The number of amides is 2. The van der Waals surface area contributed by atoms with Gasteiger partial charge < -0.3 is 15.6 Å². The quantitative estimate of drug-likeness (QED) is 0.689. The summed E-state index contributed by atoms with van der Waals surface area (Å²) in [6.45, 7) is 8.60. The first-order chi connectivity index (χ1) is 12.3. The highest BCUT2D eigenvalue weighted by Gasteiger charge is 2.26. The average molecular weight is 375 g/mol. The third kappa shape index (κ3) is 4.85. The topological polar surface area (TPSA) is 103 Å². The van der Waals surface area contributed by atoms with Crippen molar-refractivity contribution >= 4 is 23.6 Å². The number of primary amides is 1. The number of hydrogen-bond donors (Lipinski definition) is 2. The molecule has 8 heteroatoms. The number of nitrogens with one attached hydrogen (secondary N) is 1. The Labute approximate surface area is 157 Å². The van der Waals surface area contributed by atoms with E-state index >= 15 is 0 Å². The van der Waals surface area contributed by atoms with Crippen LogP contribution in [0.25, 0.3) is 0 Å². The van der Waals surface area contributed by atoms with Crippen LogP contribution < -0.4 is 11.1 Å². The van der Waals surface area contributed by atoms with Crippen molar-refractivity contribution in [2.75, 3.05) is 5.75 Å². The number of benzene rings is 1. The summed E-state index contributed by atoms with van der Waals surface area (Å²) in [5.74, 6) is 0.377. The zero-order chi connectivity index (χ0) is 19.3. The van der Waals surface area contributed by atoms with Gasteiger partial charge in [0.15, 0.2) is 11.0 Å². The Hall–Kier alpha value is -2.35. The predicted molar refractivity (Wildman–Crippen MR) is 102 cm³/mol. The molecule has 0 aliphatic rings. The molecule has 2 amide bonds. The van der Waals surface area contributed by atoms with Crippen molar-refractivity contribution in [1.29, 1.82) is 0 Å². The minimum Gasteiger partial charge on any atom is -0.369 e. The molecule has 0 bridgehead atoms. The fourth-order valence-corrected chi connectivity index (χ4v) is 3.36. The number of aromatic nitrogens is 3. The molecule has 0 saturated carbocycles. The Balaban J connectivity index is 2.26. The van der Waals surface area contributed by atoms with Crippen molar-refractivity contribution in [2.45, 2.75) is 45.4 Å². The second-order valence-corrected chi connectivity index (χ2v) is 7.35. The highest BCUT2D eigenvalue weighted by Crippen LogP contribution is 2.25. The van der Waals surface area contributed by atoms with Crippen LogP contribution in [0.3, 0.4) is 0 Å². The van der Waals surface area contributed by atoms with Gasteiger partial charge in [0, 0.05) is 12.1 Å². The molecule has 1 atom stereocenters. The summed E-state index contributed by atoms with van der Waals surface area (Å²) in [7, 11) is 0. The Kier molecular flexibility index (Phi) is 6.79. The van der Waals surface area contributed by atoms with E-state index in [0.717, 1.165) is 5.56 Å². The lowest BCUT2D eigenvalue weighted by molar-refractivity contribution is -0.115. The zero-order valence-corrected chi connectivity index (χ0v) is 16.3. The molecule has 1 aromatic heterocycles. The zero-order valence-electron chi connectivity index (χ0n) is 15.5. The van der Waals surface area contributed by atoms with E-state index in [2.05, 4.69) is 15.5 Å². The van der Waals surface area contributed by atoms with E-state index in [9.17, 15) is 9.59 Å². The maximum Gasteiger partial charge on any atom is 0.251 e. The van der Waals surface area contributed by atoms with Crippen molar-refractivity contribution in [2.24, 2.45) is 11.7 Å². The summed E-state index contributed by atoms with van der Waals surface area (Å²) in [5, 5.41) is 12.1. The second kappa shape index (κ2) is 8.84. The first-order valence-electron chi connectivity index (χ1n) is 8.55. The first kappa shape index (κ1) is 20.0. The third-order valence-electron chi connectivity index (χ3n) is 3.92. The van der Waals surface area contributed by atoms with Crippen LogP contribution in [0.2, 0.25) is 0 Å². The Morgan fingerprint density at radius 1 is 1.31 bits per heavy atom. The van der Waals surface area contributed by atoms with Gasteiger partial charge in [0.2, 0.25) is 5.91 Å². The Morgan fingerprint density at radius 3 is 2.62 bits per heavy atom. The van der Waals surface area contributed by atoms with Crippen LogP contribution in [0, 0.1) is 12.8 Å². The van der Waals surface area contributed by atoms with Crippen LogP contribution in [0.4, 0.5) is 0 Å². The van der Waals surface area contributed by atoms with Gasteiger partial charge in [0.05, 0.1) is 11.8 Å². The van der Waals surface area contributed by atoms with Crippen LogP contribution in [-0.2, 0) is 11.3 Å². The molecule has 2 aromatic rings. The van der Waals surface area contributed by atoms with Crippen molar-refractivity contribution in [3.63, 3.8) is 0 Å². The molecular formula is C18H25N5O2S. The van der Waals surface area contributed by atoms with E-state index in [-0.39, 0.29) is 23.6 Å². The summed E-state index contributed by atoms with van der Waals surface area (Å²) in [6, 6.07) is 7.16. The van der Waals surface area contributed by atoms with Gasteiger partial charge in [0.1, 0.15) is 0 Å². The van der Waals surface area contributed by atoms with E-state index in [0.29, 0.717) is 23.1 Å². The standard InChI is InChI=1S/C18H25N5O2S/c1-5-23-16(21-22-18(23)26-10-14(19)24)15(11(2)3)20-17(25)13-8-6-7-12(4)9-13/h6-9,11,15H,5,10H2,1-4H3,(H2,19,24)(H,20,25). The fraction of sp³-hybridized carbons (Fsp3) is 0.444. The molecule has 26 heavy (non-hydrogen) atoms. The van der Waals surface area contributed by atoms with Gasteiger partial charge in [-0.1, -0.05) is 43.3 Å². The highest BCUT2D eigenvalue weighted by molar-refractivity contribution is 7.99. The molecule has 0 radical (unpaired) electrons. The fourth-order valence-electron chi connectivity index (χ4n) is 2.61. The van der Waals surface area contributed by atoms with Crippen LogP contribution in [0.5, 0.6) is 0 Å². The molecule has 0 spiro atoms. The van der Waals surface area contributed by atoms with Crippen LogP contribution in [-0.4, -0.2) is 32.3 Å². The number of aryl methyl sites for hydroxylation is 1. The Morgan fingerprint density at radius 2 is 2.04 bits per heavy atom. The van der Waals surface area contributed by atoms with Crippen molar-refractivity contribution in [3.8, 4) is 0 Å². The van der Waals surface area contributed by atoms with Crippen LogP contribution >= 0.6 is 11.8 Å². The average Bonchev–Trinajstić information content (AvgIpc) is 2.99. The molecule has 0 fully saturated rings. The molecule has 2 rings (SSSR count). The van der Waals surface area contributed by atoms with Crippen LogP contribution in [0.1, 0.15) is 48.6 Å². The molecule has 0 saturated heterocycles. The molecule has 140 valence electrons. The SMILES string of the molecule is CCn1c(SCC(N)=O)nnc1C(NC(=O)c1cccc(C)c1)C(C)C. The normalized spacial score (nSPS) is 12.2. The van der Waals surface area contributed by atoms with Gasteiger partial charge in [-0.3, -0.25) is 9.59 Å². The van der Waals surface area contributed by atoms with E-state index in [4.69, 9.17) is 5.73 Å². The number of nitrogens with zero attached hydrogens (tertiary/aromatic N) is 3. The molecule has 0 aliphatic heterocycles.